The zero-order chi connectivity index (χ0) is 11.5. The number of fused-ring (bicyclic) bond motifs is 1. The smallest absolute Gasteiger partial charge is 0.00907 e. The highest BCUT2D eigenvalue weighted by Crippen LogP contribution is 2.41. The molecule has 0 saturated carbocycles. The molecule has 0 aromatic heterocycles. The van der Waals surface area contributed by atoms with Crippen molar-refractivity contribution in [1.82, 2.24) is 0 Å². The molecule has 0 heteroatoms. The van der Waals surface area contributed by atoms with Crippen LogP contribution >= 0.6 is 0 Å². The first-order chi connectivity index (χ1) is 8.45. The summed E-state index contributed by atoms with van der Waals surface area (Å²) >= 11 is 0. The van der Waals surface area contributed by atoms with Crippen molar-refractivity contribution in [2.45, 2.75) is 77.0 Å². The second-order valence-electron chi connectivity index (χ2n) is 5.96. The molecule has 3 aliphatic carbocycles. The van der Waals surface area contributed by atoms with Gasteiger partial charge in [-0.15, -0.1) is 0 Å². The van der Waals surface area contributed by atoms with Gasteiger partial charge in [0.1, 0.15) is 0 Å². The molecule has 1 radical (unpaired) electrons. The monoisotopic (exact) mass is 229 g/mol. The lowest BCUT2D eigenvalue weighted by Crippen LogP contribution is -1.96. The lowest BCUT2D eigenvalue weighted by atomic mass is 9.90. The van der Waals surface area contributed by atoms with Gasteiger partial charge >= 0.3 is 0 Å². The highest BCUT2D eigenvalue weighted by molar-refractivity contribution is 5.46. The summed E-state index contributed by atoms with van der Waals surface area (Å²) in [6.07, 6.45) is 19.5. The summed E-state index contributed by atoms with van der Waals surface area (Å²) in [5, 5.41) is 0. The Labute approximate surface area is 106 Å². The predicted molar refractivity (Wildman–Crippen MR) is 73.8 cm³/mol. The molecule has 0 atom stereocenters. The van der Waals surface area contributed by atoms with Crippen molar-refractivity contribution in [3.63, 3.8) is 0 Å². The van der Waals surface area contributed by atoms with Crippen LogP contribution in [0.25, 0.3) is 0 Å². The van der Waals surface area contributed by atoms with E-state index >= 15 is 0 Å². The molecular formula is C17H25. The van der Waals surface area contributed by atoms with Crippen LogP contribution in [0.15, 0.2) is 22.3 Å². The summed E-state index contributed by atoms with van der Waals surface area (Å²) in [7, 11) is 0. The maximum absolute atomic E-state index is 2.59. The van der Waals surface area contributed by atoms with Crippen molar-refractivity contribution in [2.24, 2.45) is 0 Å². The van der Waals surface area contributed by atoms with Gasteiger partial charge in [0, 0.05) is 0 Å². The molecule has 17 heavy (non-hydrogen) atoms. The fourth-order valence-corrected chi connectivity index (χ4v) is 3.87. The number of hydrogen-bond acceptors (Lipinski definition) is 0. The van der Waals surface area contributed by atoms with Crippen molar-refractivity contribution < 1.29 is 0 Å². The van der Waals surface area contributed by atoms with Crippen LogP contribution in [0.3, 0.4) is 0 Å². The Morgan fingerprint density at radius 3 is 2.29 bits per heavy atom. The van der Waals surface area contributed by atoms with Crippen molar-refractivity contribution in [2.75, 3.05) is 0 Å². The molecular weight excluding hydrogens is 204 g/mol. The summed E-state index contributed by atoms with van der Waals surface area (Å²) < 4.78 is 0. The van der Waals surface area contributed by atoms with E-state index in [-0.39, 0.29) is 0 Å². The lowest BCUT2D eigenvalue weighted by Gasteiger charge is -2.15. The van der Waals surface area contributed by atoms with Crippen LogP contribution in [0.1, 0.15) is 77.0 Å². The minimum Gasteiger partial charge on any atom is -0.0667 e. The first-order valence-electron chi connectivity index (χ1n) is 7.71. The second-order valence-corrected chi connectivity index (χ2v) is 5.96. The highest BCUT2D eigenvalue weighted by atomic mass is 14.3. The van der Waals surface area contributed by atoms with Crippen LogP contribution in [-0.2, 0) is 0 Å². The predicted octanol–water partition coefficient (Wildman–Crippen LogP) is 5.51. The third-order valence-electron chi connectivity index (χ3n) is 4.78. The topological polar surface area (TPSA) is 0 Å². The summed E-state index contributed by atoms with van der Waals surface area (Å²) in [5.41, 5.74) is 7.19. The molecule has 0 spiro atoms. The minimum atomic E-state index is 1.33. The molecule has 0 heterocycles. The zero-order valence-electron chi connectivity index (χ0n) is 11.1. The summed E-state index contributed by atoms with van der Waals surface area (Å²) in [4.78, 5) is 0. The average molecular weight is 229 g/mol. The van der Waals surface area contributed by atoms with Gasteiger partial charge < -0.3 is 0 Å². The maximum Gasteiger partial charge on any atom is -0.00907 e. The highest BCUT2D eigenvalue weighted by Gasteiger charge is 2.22. The van der Waals surface area contributed by atoms with E-state index in [1.165, 1.54) is 77.0 Å². The quantitative estimate of drug-likeness (QED) is 0.514. The Balaban J connectivity index is 1.96. The summed E-state index contributed by atoms with van der Waals surface area (Å²) in [5.74, 6) is 0. The van der Waals surface area contributed by atoms with Crippen molar-refractivity contribution >= 4 is 0 Å². The summed E-state index contributed by atoms with van der Waals surface area (Å²) in [6.45, 7) is 0. The molecule has 0 fully saturated rings. The third-order valence-corrected chi connectivity index (χ3v) is 4.78. The Morgan fingerprint density at radius 1 is 0.588 bits per heavy atom. The molecule has 0 nitrogen and oxygen atoms in total. The number of allylic oxidation sites excluding steroid dienone is 4. The van der Waals surface area contributed by atoms with Gasteiger partial charge in [-0.2, -0.15) is 0 Å². The van der Waals surface area contributed by atoms with Gasteiger partial charge in [0.25, 0.3) is 0 Å². The van der Waals surface area contributed by atoms with E-state index in [0.717, 1.165) is 0 Å². The summed E-state index contributed by atoms with van der Waals surface area (Å²) in [6, 6.07) is 0. The lowest BCUT2D eigenvalue weighted by molar-refractivity contribution is 0.679. The van der Waals surface area contributed by atoms with E-state index in [0.29, 0.717) is 0 Å². The van der Waals surface area contributed by atoms with Crippen molar-refractivity contribution in [1.29, 1.82) is 0 Å². The standard InChI is InChI=1S/C17H25/c1-3-8-14-10-7-11-15-9-4-2-6-13-17(15)16(14)12-5-1/h12H,1-11,13H2. The fourth-order valence-electron chi connectivity index (χ4n) is 3.87. The number of rotatable bonds is 0. The SMILES string of the molecule is [CH]1CCCCC2=C1C1=C(CCCCC1)CCC2. The normalized spacial score (nSPS) is 26.8. The Kier molecular flexibility index (Phi) is 3.68. The van der Waals surface area contributed by atoms with Gasteiger partial charge in [0.2, 0.25) is 0 Å². The first-order valence-corrected chi connectivity index (χ1v) is 7.71. The molecule has 3 aliphatic rings. The van der Waals surface area contributed by atoms with Gasteiger partial charge in [-0.05, 0) is 81.8 Å². The van der Waals surface area contributed by atoms with Crippen LogP contribution in [-0.4, -0.2) is 0 Å². The van der Waals surface area contributed by atoms with Crippen LogP contribution in [0, 0.1) is 6.42 Å². The maximum atomic E-state index is 2.59. The van der Waals surface area contributed by atoms with Gasteiger partial charge in [0.05, 0.1) is 0 Å². The average Bonchev–Trinajstić information content (AvgIpc) is 2.72. The van der Waals surface area contributed by atoms with Gasteiger partial charge in [-0.25, -0.2) is 0 Å². The fraction of sp³-hybridized carbons (Fsp3) is 0.706. The van der Waals surface area contributed by atoms with Crippen LogP contribution < -0.4 is 0 Å². The van der Waals surface area contributed by atoms with Gasteiger partial charge in [-0.3, -0.25) is 0 Å². The van der Waals surface area contributed by atoms with E-state index < -0.39 is 0 Å². The van der Waals surface area contributed by atoms with Gasteiger partial charge in [0.15, 0.2) is 0 Å². The van der Waals surface area contributed by atoms with Crippen LogP contribution in [0.5, 0.6) is 0 Å². The van der Waals surface area contributed by atoms with E-state index in [2.05, 4.69) is 6.42 Å². The zero-order valence-corrected chi connectivity index (χ0v) is 11.1. The molecule has 0 aromatic rings. The van der Waals surface area contributed by atoms with E-state index in [1.54, 1.807) is 11.1 Å². The third kappa shape index (κ3) is 2.51. The molecule has 0 aliphatic heterocycles. The molecule has 93 valence electrons. The molecule has 0 N–H and O–H groups in total. The van der Waals surface area contributed by atoms with Crippen molar-refractivity contribution in [3.8, 4) is 0 Å². The molecule has 0 amide bonds. The Hall–Kier alpha value is -0.520. The Bertz CT molecular complexity index is 309. The van der Waals surface area contributed by atoms with E-state index in [4.69, 9.17) is 0 Å². The Morgan fingerprint density at radius 2 is 1.29 bits per heavy atom. The van der Waals surface area contributed by atoms with Crippen molar-refractivity contribution in [3.05, 3.63) is 28.7 Å². The molecule has 0 aromatic carbocycles. The second kappa shape index (κ2) is 5.42. The number of hydrogen-bond donors (Lipinski definition) is 0. The molecule has 3 rings (SSSR count). The molecule has 0 unspecified atom stereocenters. The van der Waals surface area contributed by atoms with E-state index in [1.807, 2.05) is 11.1 Å². The van der Waals surface area contributed by atoms with Crippen LogP contribution in [0.4, 0.5) is 0 Å². The van der Waals surface area contributed by atoms with Gasteiger partial charge in [-0.1, -0.05) is 24.0 Å². The minimum absolute atomic E-state index is 1.33. The van der Waals surface area contributed by atoms with Crippen LogP contribution in [0.2, 0.25) is 0 Å². The molecule has 0 bridgehead atoms. The van der Waals surface area contributed by atoms with E-state index in [9.17, 15) is 0 Å². The molecule has 0 saturated heterocycles. The first kappa shape index (κ1) is 11.6. The largest absolute Gasteiger partial charge is 0.0667 e.